The fraction of sp³-hybridized carbons (Fsp3) is 0.667. The summed E-state index contributed by atoms with van der Waals surface area (Å²) in [5.41, 5.74) is -1.64. The number of likely N-dealkylation sites (tertiary alicyclic amines) is 3. The summed E-state index contributed by atoms with van der Waals surface area (Å²) in [6.07, 6.45) is -0.249. The second-order valence-electron chi connectivity index (χ2n) is 8.28. The molecule has 10 nitrogen and oxygen atoms in total. The van der Waals surface area contributed by atoms with Gasteiger partial charge in [0.1, 0.15) is 0 Å². The van der Waals surface area contributed by atoms with Crippen LogP contribution >= 0.6 is 0 Å². The van der Waals surface area contributed by atoms with Gasteiger partial charge >= 0.3 is 0 Å². The topological polar surface area (TPSA) is 132 Å². The van der Waals surface area contributed by atoms with Crippen molar-refractivity contribution < 1.29 is 33.9 Å². The molecule has 0 saturated carbocycles. The first kappa shape index (κ1) is 20.1. The number of hydrogen-bond donors (Lipinski definition) is 1. The SMILES string of the molecule is CN1C(=O)CC(C2C(=O)N(C)C(=O)C2C2C(=O)N(C)C(=O)C2C(C)(C)O)C1=O. The highest BCUT2D eigenvalue weighted by Crippen LogP contribution is 2.47. The zero-order chi connectivity index (χ0) is 21.3. The number of amides is 6. The van der Waals surface area contributed by atoms with Crippen LogP contribution < -0.4 is 0 Å². The van der Waals surface area contributed by atoms with E-state index < -0.39 is 70.6 Å². The highest BCUT2D eigenvalue weighted by atomic mass is 16.3. The minimum Gasteiger partial charge on any atom is -0.390 e. The first-order chi connectivity index (χ1) is 12.8. The molecule has 5 unspecified atom stereocenters. The van der Waals surface area contributed by atoms with Crippen molar-refractivity contribution in [3.8, 4) is 0 Å². The van der Waals surface area contributed by atoms with Gasteiger partial charge in [-0.1, -0.05) is 0 Å². The van der Waals surface area contributed by atoms with Gasteiger partial charge in [-0.05, 0) is 13.8 Å². The molecule has 3 aliphatic heterocycles. The molecule has 152 valence electrons. The zero-order valence-corrected chi connectivity index (χ0v) is 16.3. The average Bonchev–Trinajstić information content (AvgIpc) is 3.08. The first-order valence-corrected chi connectivity index (χ1v) is 8.96. The van der Waals surface area contributed by atoms with Gasteiger partial charge in [-0.3, -0.25) is 43.5 Å². The van der Waals surface area contributed by atoms with Crippen molar-refractivity contribution in [2.45, 2.75) is 25.9 Å². The normalized spacial score (nSPS) is 34.5. The molecule has 0 radical (unpaired) electrons. The predicted octanol–water partition coefficient (Wildman–Crippen LogP) is -1.78. The molecule has 0 aromatic rings. The second kappa shape index (κ2) is 6.20. The number of carbonyl (C=O) groups excluding carboxylic acids is 6. The maximum atomic E-state index is 12.9. The van der Waals surface area contributed by atoms with Gasteiger partial charge in [0.15, 0.2) is 0 Å². The molecule has 6 amide bonds. The summed E-state index contributed by atoms with van der Waals surface area (Å²) in [6, 6.07) is 0. The first-order valence-electron chi connectivity index (χ1n) is 8.96. The molecule has 3 fully saturated rings. The van der Waals surface area contributed by atoms with Gasteiger partial charge in [0, 0.05) is 27.6 Å². The number of nitrogens with zero attached hydrogens (tertiary/aromatic N) is 3. The van der Waals surface area contributed by atoms with Gasteiger partial charge < -0.3 is 5.11 Å². The van der Waals surface area contributed by atoms with E-state index in [1.165, 1.54) is 35.0 Å². The van der Waals surface area contributed by atoms with Crippen LogP contribution in [0.4, 0.5) is 0 Å². The van der Waals surface area contributed by atoms with Crippen molar-refractivity contribution in [1.82, 2.24) is 14.7 Å². The molecule has 1 N–H and O–H groups in total. The van der Waals surface area contributed by atoms with E-state index >= 15 is 0 Å². The van der Waals surface area contributed by atoms with Crippen molar-refractivity contribution in [3.63, 3.8) is 0 Å². The van der Waals surface area contributed by atoms with Crippen LogP contribution in [0.3, 0.4) is 0 Å². The molecule has 0 aromatic heterocycles. The third-order valence-electron chi connectivity index (χ3n) is 6.19. The van der Waals surface area contributed by atoms with Crippen LogP contribution in [0, 0.1) is 29.6 Å². The van der Waals surface area contributed by atoms with E-state index in [0.29, 0.717) is 0 Å². The maximum Gasteiger partial charge on any atom is 0.235 e. The quantitative estimate of drug-likeness (QED) is 0.561. The summed E-state index contributed by atoms with van der Waals surface area (Å²) in [6.45, 7) is 2.71. The van der Waals surface area contributed by atoms with Crippen molar-refractivity contribution in [2.24, 2.45) is 29.6 Å². The number of rotatable bonds is 3. The van der Waals surface area contributed by atoms with E-state index in [9.17, 15) is 33.9 Å². The van der Waals surface area contributed by atoms with Gasteiger partial charge in [0.25, 0.3) is 0 Å². The highest BCUT2D eigenvalue weighted by molar-refractivity contribution is 6.14. The Balaban J connectivity index is 2.11. The largest absolute Gasteiger partial charge is 0.390 e. The van der Waals surface area contributed by atoms with E-state index in [1.54, 1.807) is 0 Å². The molecule has 3 heterocycles. The van der Waals surface area contributed by atoms with Crippen LogP contribution in [0.15, 0.2) is 0 Å². The van der Waals surface area contributed by atoms with Gasteiger partial charge in [0.2, 0.25) is 35.4 Å². The fourth-order valence-electron chi connectivity index (χ4n) is 4.67. The van der Waals surface area contributed by atoms with Crippen LogP contribution in [-0.2, 0) is 28.8 Å². The summed E-state index contributed by atoms with van der Waals surface area (Å²) >= 11 is 0. The zero-order valence-electron chi connectivity index (χ0n) is 16.3. The van der Waals surface area contributed by atoms with Gasteiger partial charge in [-0.25, -0.2) is 0 Å². The monoisotopic (exact) mass is 393 g/mol. The third-order valence-corrected chi connectivity index (χ3v) is 6.19. The Morgan fingerprint density at radius 2 is 1.18 bits per heavy atom. The number of hydrogen-bond acceptors (Lipinski definition) is 7. The highest BCUT2D eigenvalue weighted by Gasteiger charge is 2.64. The van der Waals surface area contributed by atoms with Crippen LogP contribution in [0.1, 0.15) is 20.3 Å². The van der Waals surface area contributed by atoms with Crippen LogP contribution in [0.5, 0.6) is 0 Å². The summed E-state index contributed by atoms with van der Waals surface area (Å²) in [5.74, 6) is -9.93. The van der Waals surface area contributed by atoms with Crippen LogP contribution in [-0.4, -0.2) is 82.0 Å². The van der Waals surface area contributed by atoms with Crippen molar-refractivity contribution in [3.05, 3.63) is 0 Å². The standard InChI is InChI=1S/C18H23N3O7/c1-18(2,28)12-11(16(26)21(5)17(12)27)10-9(14(24)20(4)15(10)25)7-6-8(22)19(3)13(7)23/h7,9-12,28H,6H2,1-5H3. The minimum absolute atomic E-state index is 0.249. The summed E-state index contributed by atoms with van der Waals surface area (Å²) in [4.78, 5) is 78.2. The molecule has 0 bridgehead atoms. The van der Waals surface area contributed by atoms with E-state index in [0.717, 1.165) is 14.7 Å². The van der Waals surface area contributed by atoms with E-state index in [4.69, 9.17) is 0 Å². The maximum absolute atomic E-state index is 12.9. The second-order valence-corrected chi connectivity index (χ2v) is 8.28. The Hall–Kier alpha value is -2.62. The number of aliphatic hydroxyl groups is 1. The predicted molar refractivity (Wildman–Crippen MR) is 91.7 cm³/mol. The van der Waals surface area contributed by atoms with Gasteiger partial charge in [-0.15, -0.1) is 0 Å². The molecule has 0 spiro atoms. The molecule has 3 rings (SSSR count). The Bertz CT molecular complexity index is 814. The average molecular weight is 393 g/mol. The third kappa shape index (κ3) is 2.58. The van der Waals surface area contributed by atoms with Gasteiger partial charge in [0.05, 0.1) is 35.2 Å². The molecule has 0 aromatic carbocycles. The number of imide groups is 3. The molecule has 5 atom stereocenters. The fourth-order valence-corrected chi connectivity index (χ4v) is 4.67. The summed E-state index contributed by atoms with van der Waals surface area (Å²) in [5, 5.41) is 10.5. The number of carbonyl (C=O) groups is 6. The lowest BCUT2D eigenvalue weighted by atomic mass is 9.68. The summed E-state index contributed by atoms with van der Waals surface area (Å²) < 4.78 is 0. The molecule has 0 aliphatic carbocycles. The van der Waals surface area contributed by atoms with Gasteiger partial charge in [-0.2, -0.15) is 0 Å². The van der Waals surface area contributed by atoms with Crippen LogP contribution in [0.2, 0.25) is 0 Å². The minimum atomic E-state index is -1.64. The Morgan fingerprint density at radius 3 is 1.64 bits per heavy atom. The molecule has 3 aliphatic rings. The lowest BCUT2D eigenvalue weighted by Gasteiger charge is -2.32. The Morgan fingerprint density at radius 1 is 0.714 bits per heavy atom. The molecular formula is C18H23N3O7. The van der Waals surface area contributed by atoms with E-state index in [-0.39, 0.29) is 6.42 Å². The van der Waals surface area contributed by atoms with Crippen LogP contribution in [0.25, 0.3) is 0 Å². The van der Waals surface area contributed by atoms with Crippen molar-refractivity contribution in [2.75, 3.05) is 21.1 Å². The van der Waals surface area contributed by atoms with E-state index in [1.807, 2.05) is 0 Å². The molecule has 3 saturated heterocycles. The summed E-state index contributed by atoms with van der Waals surface area (Å²) in [7, 11) is 3.79. The molecule has 10 heteroatoms. The lowest BCUT2D eigenvalue weighted by Crippen LogP contribution is -2.45. The Kier molecular flexibility index (Phi) is 4.45. The van der Waals surface area contributed by atoms with Crippen molar-refractivity contribution >= 4 is 35.4 Å². The molecule has 28 heavy (non-hydrogen) atoms. The van der Waals surface area contributed by atoms with E-state index in [2.05, 4.69) is 0 Å². The van der Waals surface area contributed by atoms with Crippen molar-refractivity contribution in [1.29, 1.82) is 0 Å². The Labute approximate surface area is 161 Å². The molecular weight excluding hydrogens is 370 g/mol. The lowest BCUT2D eigenvalue weighted by molar-refractivity contribution is -0.143. The smallest absolute Gasteiger partial charge is 0.235 e.